The predicted molar refractivity (Wildman–Crippen MR) is 81.6 cm³/mol. The van der Waals surface area contributed by atoms with E-state index in [2.05, 4.69) is 26.1 Å². The summed E-state index contributed by atoms with van der Waals surface area (Å²) in [5, 5.41) is 8.46. The van der Waals surface area contributed by atoms with Crippen LogP contribution in [0.3, 0.4) is 0 Å². The number of aromatic nitrogens is 3. The summed E-state index contributed by atoms with van der Waals surface area (Å²) < 4.78 is 20.7. The van der Waals surface area contributed by atoms with Crippen LogP contribution in [0, 0.1) is 11.7 Å². The number of hydrogen-bond donors (Lipinski definition) is 0. The molecular formula is C15H15BrFN3O2. The number of esters is 1. The van der Waals surface area contributed by atoms with E-state index in [1.165, 1.54) is 19.2 Å². The Kier molecular flexibility index (Phi) is 4.24. The molecule has 0 spiro atoms. The Morgan fingerprint density at radius 1 is 1.41 bits per heavy atom. The van der Waals surface area contributed by atoms with Gasteiger partial charge in [-0.1, -0.05) is 0 Å². The van der Waals surface area contributed by atoms with Crippen LogP contribution >= 0.6 is 15.9 Å². The first kappa shape index (κ1) is 15.1. The van der Waals surface area contributed by atoms with Crippen molar-refractivity contribution >= 4 is 21.9 Å². The summed E-state index contributed by atoms with van der Waals surface area (Å²) >= 11 is 3.37. The number of fused-ring (bicyclic) bond motifs is 1. The van der Waals surface area contributed by atoms with E-state index in [0.29, 0.717) is 36.1 Å². The molecule has 0 radical (unpaired) electrons. The van der Waals surface area contributed by atoms with Crippen LogP contribution in [0.4, 0.5) is 4.39 Å². The first-order valence-corrected chi connectivity index (χ1v) is 7.84. The van der Waals surface area contributed by atoms with Crippen LogP contribution in [0.2, 0.25) is 0 Å². The molecule has 1 aromatic heterocycles. The number of rotatable bonds is 2. The van der Waals surface area contributed by atoms with E-state index in [9.17, 15) is 9.18 Å². The van der Waals surface area contributed by atoms with E-state index in [0.717, 1.165) is 11.4 Å². The number of hydrogen-bond acceptors (Lipinski definition) is 4. The van der Waals surface area contributed by atoms with E-state index in [1.54, 1.807) is 6.07 Å². The summed E-state index contributed by atoms with van der Waals surface area (Å²) in [6.07, 6.45) is 2.06. The average molecular weight is 368 g/mol. The van der Waals surface area contributed by atoms with Crippen LogP contribution in [-0.4, -0.2) is 27.8 Å². The number of nitrogens with zero attached hydrogens (tertiary/aromatic N) is 3. The van der Waals surface area contributed by atoms with Gasteiger partial charge >= 0.3 is 5.97 Å². The molecule has 0 fully saturated rings. The lowest BCUT2D eigenvalue weighted by Crippen LogP contribution is -2.16. The lowest BCUT2D eigenvalue weighted by atomic mass is 10.0. The van der Waals surface area contributed by atoms with Gasteiger partial charge < -0.3 is 9.30 Å². The zero-order chi connectivity index (χ0) is 15.7. The number of benzene rings is 1. The highest BCUT2D eigenvalue weighted by Crippen LogP contribution is 2.30. The summed E-state index contributed by atoms with van der Waals surface area (Å²) in [5.74, 6) is 0.932. The molecule has 0 saturated carbocycles. The van der Waals surface area contributed by atoms with Gasteiger partial charge in [-0.15, -0.1) is 10.2 Å². The fourth-order valence-electron chi connectivity index (χ4n) is 2.76. The summed E-state index contributed by atoms with van der Waals surface area (Å²) in [4.78, 5) is 11.7. The fourth-order valence-corrected chi connectivity index (χ4v) is 3.29. The van der Waals surface area contributed by atoms with Crippen LogP contribution in [0.25, 0.3) is 11.4 Å². The normalized spacial score (nSPS) is 17.7. The molecule has 2 aromatic rings. The molecule has 0 N–H and O–H groups in total. The van der Waals surface area contributed by atoms with Crippen LogP contribution in [0.15, 0.2) is 22.7 Å². The summed E-state index contributed by atoms with van der Waals surface area (Å²) in [6.45, 7) is 0.640. The number of methoxy groups -OCH3 is 1. The van der Waals surface area contributed by atoms with Gasteiger partial charge in [0.1, 0.15) is 11.6 Å². The van der Waals surface area contributed by atoms with E-state index < -0.39 is 0 Å². The van der Waals surface area contributed by atoms with Crippen molar-refractivity contribution in [3.8, 4) is 11.4 Å². The number of halogens is 2. The highest BCUT2D eigenvalue weighted by molar-refractivity contribution is 9.10. The van der Waals surface area contributed by atoms with Gasteiger partial charge in [-0.2, -0.15) is 0 Å². The minimum Gasteiger partial charge on any atom is -0.469 e. The molecule has 0 amide bonds. The summed E-state index contributed by atoms with van der Waals surface area (Å²) in [5.41, 5.74) is 0.789. The molecule has 7 heteroatoms. The van der Waals surface area contributed by atoms with Crippen molar-refractivity contribution in [1.29, 1.82) is 0 Å². The second-order valence-electron chi connectivity index (χ2n) is 5.26. The summed E-state index contributed by atoms with van der Waals surface area (Å²) in [6, 6.07) is 4.49. The van der Waals surface area contributed by atoms with Crippen molar-refractivity contribution in [1.82, 2.24) is 14.8 Å². The first-order chi connectivity index (χ1) is 10.6. The van der Waals surface area contributed by atoms with Crippen molar-refractivity contribution < 1.29 is 13.9 Å². The van der Waals surface area contributed by atoms with Crippen LogP contribution in [0.5, 0.6) is 0 Å². The molecule has 22 heavy (non-hydrogen) atoms. The van der Waals surface area contributed by atoms with Crippen LogP contribution in [-0.2, 0) is 22.5 Å². The topological polar surface area (TPSA) is 57.0 Å². The lowest BCUT2D eigenvalue weighted by Gasteiger charge is -2.11. The Bertz CT molecular complexity index is 717. The standard InChI is InChI=1S/C15H15BrFN3O2/c1-22-15(21)9-2-5-13-18-19-14(20(13)7-6-9)11-4-3-10(17)8-12(11)16/h3-4,8-9H,2,5-7H2,1H3. The molecule has 1 aliphatic rings. The molecule has 0 saturated heterocycles. The zero-order valence-electron chi connectivity index (χ0n) is 12.1. The number of carbonyl (C=O) groups excluding carboxylic acids is 1. The predicted octanol–water partition coefficient (Wildman–Crippen LogP) is 2.97. The number of carbonyl (C=O) groups is 1. The van der Waals surface area contributed by atoms with Crippen LogP contribution < -0.4 is 0 Å². The second kappa shape index (κ2) is 6.16. The highest BCUT2D eigenvalue weighted by Gasteiger charge is 2.26. The second-order valence-corrected chi connectivity index (χ2v) is 6.12. The van der Waals surface area contributed by atoms with Gasteiger partial charge in [0, 0.05) is 23.0 Å². The van der Waals surface area contributed by atoms with Gasteiger partial charge in [-0.3, -0.25) is 4.79 Å². The quantitative estimate of drug-likeness (QED) is 0.765. The van der Waals surface area contributed by atoms with Gasteiger partial charge in [0.2, 0.25) is 0 Å². The molecule has 0 aliphatic carbocycles. The molecule has 1 aliphatic heterocycles. The molecular weight excluding hydrogens is 353 g/mol. The maximum Gasteiger partial charge on any atom is 0.308 e. The van der Waals surface area contributed by atoms with Gasteiger partial charge in [0.25, 0.3) is 0 Å². The van der Waals surface area contributed by atoms with Crippen molar-refractivity contribution in [3.63, 3.8) is 0 Å². The van der Waals surface area contributed by atoms with E-state index in [1.807, 2.05) is 4.57 Å². The Balaban J connectivity index is 1.92. The van der Waals surface area contributed by atoms with Crippen molar-refractivity contribution in [2.75, 3.05) is 7.11 Å². The van der Waals surface area contributed by atoms with Crippen molar-refractivity contribution in [2.24, 2.45) is 5.92 Å². The van der Waals surface area contributed by atoms with E-state index >= 15 is 0 Å². The number of ether oxygens (including phenoxy) is 1. The fraction of sp³-hybridized carbons (Fsp3) is 0.400. The largest absolute Gasteiger partial charge is 0.469 e. The third kappa shape index (κ3) is 2.77. The van der Waals surface area contributed by atoms with Gasteiger partial charge in [-0.25, -0.2) is 4.39 Å². The molecule has 1 unspecified atom stereocenters. The molecule has 2 heterocycles. The molecule has 1 aromatic carbocycles. The molecule has 3 rings (SSSR count). The maximum atomic E-state index is 13.2. The Morgan fingerprint density at radius 3 is 2.95 bits per heavy atom. The zero-order valence-corrected chi connectivity index (χ0v) is 13.6. The lowest BCUT2D eigenvalue weighted by molar-refractivity contribution is -0.145. The van der Waals surface area contributed by atoms with E-state index in [4.69, 9.17) is 4.74 Å². The van der Waals surface area contributed by atoms with Gasteiger partial charge in [0.15, 0.2) is 5.82 Å². The molecule has 5 nitrogen and oxygen atoms in total. The molecule has 116 valence electrons. The third-order valence-corrected chi connectivity index (χ3v) is 4.61. The highest BCUT2D eigenvalue weighted by atomic mass is 79.9. The number of aryl methyl sites for hydroxylation is 1. The SMILES string of the molecule is COC(=O)C1CCc2nnc(-c3ccc(F)cc3Br)n2CC1. The minimum atomic E-state index is -0.308. The smallest absolute Gasteiger partial charge is 0.308 e. The Hall–Kier alpha value is -1.76. The Labute approximate surface area is 135 Å². The third-order valence-electron chi connectivity index (χ3n) is 3.95. The molecule has 1 atom stereocenters. The summed E-state index contributed by atoms with van der Waals surface area (Å²) in [7, 11) is 1.41. The first-order valence-electron chi connectivity index (χ1n) is 7.05. The van der Waals surface area contributed by atoms with Crippen LogP contribution in [0.1, 0.15) is 18.7 Å². The monoisotopic (exact) mass is 367 g/mol. The van der Waals surface area contributed by atoms with Crippen molar-refractivity contribution in [3.05, 3.63) is 34.3 Å². The maximum absolute atomic E-state index is 13.2. The van der Waals surface area contributed by atoms with Gasteiger partial charge in [-0.05, 0) is 47.0 Å². The average Bonchev–Trinajstić information content (AvgIpc) is 2.77. The van der Waals surface area contributed by atoms with E-state index in [-0.39, 0.29) is 17.7 Å². The minimum absolute atomic E-state index is 0.115. The van der Waals surface area contributed by atoms with Gasteiger partial charge in [0.05, 0.1) is 13.0 Å². The molecule has 0 bridgehead atoms. The Morgan fingerprint density at radius 2 is 2.23 bits per heavy atom. The van der Waals surface area contributed by atoms with Crippen molar-refractivity contribution in [2.45, 2.75) is 25.8 Å².